The van der Waals surface area contributed by atoms with E-state index >= 15 is 0 Å². The molecule has 0 bridgehead atoms. The molecule has 0 aliphatic carbocycles. The summed E-state index contributed by atoms with van der Waals surface area (Å²) in [6.45, 7) is 5.68. The summed E-state index contributed by atoms with van der Waals surface area (Å²) in [5.74, 6) is 0.0330. The minimum Gasteiger partial charge on any atom is -0.378 e. The Morgan fingerprint density at radius 1 is 1.15 bits per heavy atom. The van der Waals surface area contributed by atoms with Crippen LogP contribution in [0.2, 0.25) is 0 Å². The average molecular weight is 352 g/mol. The topological polar surface area (TPSA) is 59.5 Å². The summed E-state index contributed by atoms with van der Waals surface area (Å²) < 4.78 is 5.65. The number of ether oxygens (including phenoxy) is 1. The van der Waals surface area contributed by atoms with Crippen LogP contribution in [-0.4, -0.2) is 47.4 Å². The fourth-order valence-corrected chi connectivity index (χ4v) is 3.23. The van der Waals surface area contributed by atoms with Crippen LogP contribution in [0.15, 0.2) is 42.6 Å². The highest BCUT2D eigenvalue weighted by molar-refractivity contribution is 5.96. The predicted molar refractivity (Wildman–Crippen MR) is 100 cm³/mol. The second-order valence-electron chi connectivity index (χ2n) is 6.52. The third kappa shape index (κ3) is 4.17. The van der Waals surface area contributed by atoms with E-state index in [9.17, 15) is 9.59 Å². The number of pyridine rings is 1. The van der Waals surface area contributed by atoms with Gasteiger partial charge in [-0.3, -0.25) is 14.6 Å². The van der Waals surface area contributed by atoms with Crippen molar-refractivity contribution in [1.29, 1.82) is 0 Å². The van der Waals surface area contributed by atoms with Crippen molar-refractivity contribution in [3.05, 3.63) is 53.7 Å². The standard InChI is InChI=1S/C21H24N2O3/c1-3-26-19-9-11-23(12-10-19)21(25)17-6-4-5-16(13-17)20-8-7-18(14-22-20)15(2)24/h4-8,13-14,19H,3,9-12H2,1-2H3. The number of piperidine rings is 1. The Kier molecular flexibility index (Phi) is 5.78. The molecule has 1 aromatic heterocycles. The van der Waals surface area contributed by atoms with Gasteiger partial charge in [0.1, 0.15) is 0 Å². The maximum atomic E-state index is 12.8. The summed E-state index contributed by atoms with van der Waals surface area (Å²) in [5.41, 5.74) is 2.86. The quantitative estimate of drug-likeness (QED) is 0.772. The van der Waals surface area contributed by atoms with E-state index in [0.717, 1.165) is 43.8 Å². The van der Waals surface area contributed by atoms with Gasteiger partial charge >= 0.3 is 0 Å². The minimum atomic E-state index is -0.0107. The number of hydrogen-bond donors (Lipinski definition) is 0. The fraction of sp³-hybridized carbons (Fsp3) is 0.381. The van der Waals surface area contributed by atoms with E-state index in [1.165, 1.54) is 6.92 Å². The number of rotatable bonds is 5. The molecule has 0 spiro atoms. The molecule has 1 fully saturated rings. The molecular formula is C21H24N2O3. The molecule has 5 heteroatoms. The molecule has 26 heavy (non-hydrogen) atoms. The van der Waals surface area contributed by atoms with Gasteiger partial charge < -0.3 is 9.64 Å². The summed E-state index contributed by atoms with van der Waals surface area (Å²) in [7, 11) is 0. The normalized spacial score (nSPS) is 15.1. The van der Waals surface area contributed by atoms with E-state index < -0.39 is 0 Å². The van der Waals surface area contributed by atoms with Crippen LogP contribution in [0, 0.1) is 0 Å². The predicted octanol–water partition coefficient (Wildman–Crippen LogP) is 3.59. The molecule has 0 radical (unpaired) electrons. The Morgan fingerprint density at radius 3 is 2.54 bits per heavy atom. The lowest BCUT2D eigenvalue weighted by atomic mass is 10.0. The van der Waals surface area contributed by atoms with Crippen molar-refractivity contribution >= 4 is 11.7 Å². The Labute approximate surface area is 154 Å². The summed E-state index contributed by atoms with van der Waals surface area (Å²) in [6, 6.07) is 11.1. The molecule has 0 saturated carbocycles. The van der Waals surface area contributed by atoms with Crippen LogP contribution in [0.3, 0.4) is 0 Å². The lowest BCUT2D eigenvalue weighted by Crippen LogP contribution is -2.40. The first-order chi connectivity index (χ1) is 12.6. The number of carbonyl (C=O) groups excluding carboxylic acids is 2. The summed E-state index contributed by atoms with van der Waals surface area (Å²) in [4.78, 5) is 30.4. The van der Waals surface area contributed by atoms with Gasteiger partial charge in [-0.1, -0.05) is 12.1 Å². The van der Waals surface area contributed by atoms with E-state index in [1.54, 1.807) is 12.3 Å². The highest BCUT2D eigenvalue weighted by Crippen LogP contribution is 2.21. The third-order valence-electron chi connectivity index (χ3n) is 4.71. The maximum absolute atomic E-state index is 12.8. The van der Waals surface area contributed by atoms with Gasteiger partial charge in [0.15, 0.2) is 5.78 Å². The van der Waals surface area contributed by atoms with E-state index in [1.807, 2.05) is 42.2 Å². The molecule has 5 nitrogen and oxygen atoms in total. The van der Waals surface area contributed by atoms with Gasteiger partial charge in [0.25, 0.3) is 5.91 Å². The molecule has 2 heterocycles. The van der Waals surface area contributed by atoms with Gasteiger partial charge in [-0.25, -0.2) is 0 Å². The molecule has 1 aliphatic rings. The molecule has 1 aliphatic heterocycles. The minimum absolute atomic E-state index is 0.0107. The molecule has 1 saturated heterocycles. The highest BCUT2D eigenvalue weighted by Gasteiger charge is 2.24. The first-order valence-electron chi connectivity index (χ1n) is 9.06. The average Bonchev–Trinajstić information content (AvgIpc) is 2.68. The fourth-order valence-electron chi connectivity index (χ4n) is 3.23. The summed E-state index contributed by atoms with van der Waals surface area (Å²) >= 11 is 0. The maximum Gasteiger partial charge on any atom is 0.253 e. The van der Waals surface area contributed by atoms with Crippen LogP contribution in [0.1, 0.15) is 47.4 Å². The molecule has 1 aromatic carbocycles. The van der Waals surface area contributed by atoms with E-state index in [0.29, 0.717) is 11.1 Å². The van der Waals surface area contributed by atoms with Gasteiger partial charge in [-0.2, -0.15) is 0 Å². The van der Waals surface area contributed by atoms with Crippen LogP contribution in [0.4, 0.5) is 0 Å². The Hall–Kier alpha value is -2.53. The Balaban J connectivity index is 1.73. The van der Waals surface area contributed by atoms with Crippen LogP contribution in [0.25, 0.3) is 11.3 Å². The van der Waals surface area contributed by atoms with Gasteiger partial charge in [-0.05, 0) is 51.0 Å². The number of hydrogen-bond acceptors (Lipinski definition) is 4. The van der Waals surface area contributed by atoms with Crippen molar-refractivity contribution < 1.29 is 14.3 Å². The largest absolute Gasteiger partial charge is 0.378 e. The SMILES string of the molecule is CCOC1CCN(C(=O)c2cccc(-c3ccc(C(C)=O)cn3)c2)CC1. The van der Waals surface area contributed by atoms with Crippen LogP contribution in [0.5, 0.6) is 0 Å². The van der Waals surface area contributed by atoms with Crippen molar-refractivity contribution in [2.75, 3.05) is 19.7 Å². The van der Waals surface area contributed by atoms with Crippen molar-refractivity contribution in [2.24, 2.45) is 0 Å². The number of benzene rings is 1. The molecule has 0 atom stereocenters. The summed E-state index contributed by atoms with van der Waals surface area (Å²) in [6.07, 6.45) is 3.60. The zero-order valence-corrected chi connectivity index (χ0v) is 15.3. The zero-order valence-electron chi connectivity index (χ0n) is 15.3. The van der Waals surface area contributed by atoms with Crippen LogP contribution >= 0.6 is 0 Å². The first-order valence-corrected chi connectivity index (χ1v) is 9.06. The number of aromatic nitrogens is 1. The third-order valence-corrected chi connectivity index (χ3v) is 4.71. The van der Waals surface area contributed by atoms with E-state index in [2.05, 4.69) is 4.98 Å². The monoisotopic (exact) mass is 352 g/mol. The molecule has 0 unspecified atom stereocenters. The Bertz CT molecular complexity index is 778. The van der Waals surface area contributed by atoms with Gasteiger partial charge in [-0.15, -0.1) is 0 Å². The molecule has 3 rings (SSSR count). The van der Waals surface area contributed by atoms with Crippen molar-refractivity contribution in [3.63, 3.8) is 0 Å². The molecule has 136 valence electrons. The second kappa shape index (κ2) is 8.23. The van der Waals surface area contributed by atoms with Gasteiger partial charge in [0, 0.05) is 42.6 Å². The number of likely N-dealkylation sites (tertiary alicyclic amines) is 1. The van der Waals surface area contributed by atoms with Gasteiger partial charge in [0.2, 0.25) is 0 Å². The zero-order chi connectivity index (χ0) is 18.5. The molecular weight excluding hydrogens is 328 g/mol. The number of ketones is 1. The lowest BCUT2D eigenvalue weighted by molar-refractivity contribution is 0.0146. The Morgan fingerprint density at radius 2 is 1.92 bits per heavy atom. The first kappa shape index (κ1) is 18.3. The van der Waals surface area contributed by atoms with Gasteiger partial charge in [0.05, 0.1) is 11.8 Å². The second-order valence-corrected chi connectivity index (χ2v) is 6.52. The van der Waals surface area contributed by atoms with Crippen LogP contribution < -0.4 is 0 Å². The number of amides is 1. The van der Waals surface area contributed by atoms with E-state index in [4.69, 9.17) is 4.74 Å². The number of Topliss-reactive ketones (excluding diaryl/α,β-unsaturated/α-hetero) is 1. The number of nitrogens with zero attached hydrogens (tertiary/aromatic N) is 2. The van der Waals surface area contributed by atoms with Crippen molar-refractivity contribution in [1.82, 2.24) is 9.88 Å². The van der Waals surface area contributed by atoms with Crippen molar-refractivity contribution in [3.8, 4) is 11.3 Å². The molecule has 2 aromatic rings. The smallest absolute Gasteiger partial charge is 0.253 e. The van der Waals surface area contributed by atoms with E-state index in [-0.39, 0.29) is 17.8 Å². The highest BCUT2D eigenvalue weighted by atomic mass is 16.5. The number of carbonyl (C=O) groups is 2. The summed E-state index contributed by atoms with van der Waals surface area (Å²) in [5, 5.41) is 0. The molecule has 1 amide bonds. The van der Waals surface area contributed by atoms with Crippen molar-refractivity contribution in [2.45, 2.75) is 32.8 Å². The van der Waals surface area contributed by atoms with Crippen LogP contribution in [-0.2, 0) is 4.74 Å². The molecule has 0 N–H and O–H groups in total. The lowest BCUT2D eigenvalue weighted by Gasteiger charge is -2.31.